The lowest BCUT2D eigenvalue weighted by Crippen LogP contribution is -2.41. The quantitative estimate of drug-likeness (QED) is 0.159. The van der Waals surface area contributed by atoms with Crippen LogP contribution in [-0.2, 0) is 32.0 Å². The zero-order valence-corrected chi connectivity index (χ0v) is 36.3. The van der Waals surface area contributed by atoms with Gasteiger partial charge in [-0.2, -0.15) is 10.2 Å². The Balaban J connectivity index is 1.11. The predicted octanol–water partition coefficient (Wildman–Crippen LogP) is 7.25. The summed E-state index contributed by atoms with van der Waals surface area (Å²) in [7, 11) is 1.89. The van der Waals surface area contributed by atoms with Gasteiger partial charge < -0.3 is 9.47 Å². The molecule has 0 bridgehead atoms. The molecular weight excluding hydrogens is 795 g/mol. The van der Waals surface area contributed by atoms with Crippen LogP contribution in [0.5, 0.6) is 0 Å². The van der Waals surface area contributed by atoms with Crippen molar-refractivity contribution in [3.05, 3.63) is 158 Å². The van der Waals surface area contributed by atoms with E-state index in [1.165, 1.54) is 0 Å². The summed E-state index contributed by atoms with van der Waals surface area (Å²) < 4.78 is 13.9. The highest BCUT2D eigenvalue weighted by atomic mass is 16.5. The van der Waals surface area contributed by atoms with Crippen molar-refractivity contribution in [1.29, 1.82) is 0 Å². The molecule has 318 valence electrons. The molecule has 1 N–H and O–H groups in total. The second-order valence-corrected chi connectivity index (χ2v) is 16.8. The molecule has 0 radical (unpaired) electrons. The van der Waals surface area contributed by atoms with E-state index in [-0.39, 0.29) is 18.1 Å². The van der Waals surface area contributed by atoms with Gasteiger partial charge in [-0.3, -0.25) is 33.1 Å². The molecule has 0 spiro atoms. The maximum absolute atomic E-state index is 15.3. The lowest BCUT2D eigenvalue weighted by Gasteiger charge is -2.33. The van der Waals surface area contributed by atoms with Gasteiger partial charge in [0.05, 0.1) is 35.3 Å². The average molecular weight is 842 g/mol. The molecular formula is C48H47N11O4. The van der Waals surface area contributed by atoms with Gasteiger partial charge in [0.1, 0.15) is 17.1 Å². The van der Waals surface area contributed by atoms with E-state index in [0.717, 1.165) is 78.7 Å². The number of hydrogen-bond donors (Lipinski definition) is 1. The van der Waals surface area contributed by atoms with Gasteiger partial charge in [-0.1, -0.05) is 31.1 Å². The van der Waals surface area contributed by atoms with Crippen molar-refractivity contribution in [3.8, 4) is 28.3 Å². The summed E-state index contributed by atoms with van der Waals surface area (Å²) in [5.41, 5.74) is 10.4. The minimum Gasteiger partial charge on any atom is -0.332 e. The first-order valence-corrected chi connectivity index (χ1v) is 21.2. The third-order valence-electron chi connectivity index (χ3n) is 12.9. The molecule has 3 aromatic carbocycles. The van der Waals surface area contributed by atoms with Gasteiger partial charge >= 0.3 is 11.4 Å². The fourth-order valence-electron chi connectivity index (χ4n) is 9.44. The van der Waals surface area contributed by atoms with Gasteiger partial charge in [0.25, 0.3) is 5.91 Å². The number of H-pyrrole nitrogens is 1. The average Bonchev–Trinajstić information content (AvgIpc) is 4.12. The largest absolute Gasteiger partial charge is 0.438 e. The number of amides is 1. The van der Waals surface area contributed by atoms with E-state index < -0.39 is 11.3 Å². The van der Waals surface area contributed by atoms with Crippen LogP contribution in [0.25, 0.3) is 50.1 Å². The fourth-order valence-corrected chi connectivity index (χ4v) is 9.44. The number of rotatable bonds is 9. The predicted molar refractivity (Wildman–Crippen MR) is 240 cm³/mol. The van der Waals surface area contributed by atoms with E-state index in [1.807, 2.05) is 91.5 Å². The summed E-state index contributed by atoms with van der Waals surface area (Å²) in [6.45, 7) is 12.8. The Kier molecular flexibility index (Phi) is 9.31. The van der Waals surface area contributed by atoms with Crippen LogP contribution in [0, 0.1) is 20.8 Å². The van der Waals surface area contributed by atoms with Gasteiger partial charge in [0.2, 0.25) is 0 Å². The highest BCUT2D eigenvalue weighted by Crippen LogP contribution is 2.38. The monoisotopic (exact) mass is 841 g/mol. The van der Waals surface area contributed by atoms with E-state index >= 15 is 4.79 Å². The van der Waals surface area contributed by atoms with Crippen molar-refractivity contribution in [3.63, 3.8) is 0 Å². The molecule has 1 amide bonds. The lowest BCUT2D eigenvalue weighted by molar-refractivity contribution is 0.0717. The van der Waals surface area contributed by atoms with Crippen LogP contribution in [0.2, 0.25) is 0 Å². The maximum Gasteiger partial charge on any atom is 0.438 e. The minimum absolute atomic E-state index is 0.194. The van der Waals surface area contributed by atoms with E-state index in [2.05, 4.69) is 64.4 Å². The van der Waals surface area contributed by atoms with Crippen LogP contribution < -0.4 is 11.4 Å². The number of nitrogens with one attached hydrogen (secondary N) is 1. The van der Waals surface area contributed by atoms with Gasteiger partial charge in [-0.15, -0.1) is 0 Å². The Labute approximate surface area is 361 Å². The second kappa shape index (κ2) is 14.8. The summed E-state index contributed by atoms with van der Waals surface area (Å²) in [5.74, 6) is 0.00110. The summed E-state index contributed by atoms with van der Waals surface area (Å²) >= 11 is 0. The molecule has 0 saturated carbocycles. The molecule has 0 saturated heterocycles. The normalized spacial score (nSPS) is 13.9. The number of benzene rings is 3. The van der Waals surface area contributed by atoms with Crippen molar-refractivity contribution in [2.24, 2.45) is 7.05 Å². The third kappa shape index (κ3) is 6.36. The number of carbonyl (C=O) groups is 1. The van der Waals surface area contributed by atoms with Gasteiger partial charge in [0, 0.05) is 66.2 Å². The van der Waals surface area contributed by atoms with Crippen molar-refractivity contribution >= 4 is 27.7 Å². The lowest BCUT2D eigenvalue weighted by atomic mass is 9.96. The number of imidazole rings is 1. The molecule has 1 atom stereocenters. The number of hydrogen-bond acceptors (Lipinski definition) is 8. The van der Waals surface area contributed by atoms with Crippen LogP contribution in [-0.4, -0.2) is 65.7 Å². The molecule has 0 unspecified atom stereocenters. The Bertz CT molecular complexity index is 3390. The number of carbonyl (C=O) groups excluding carboxylic acids is 1. The molecule has 15 nitrogen and oxygen atoms in total. The summed E-state index contributed by atoms with van der Waals surface area (Å²) in [6.07, 6.45) is 8.91. The number of aromatic nitrogens is 10. The Morgan fingerprint density at radius 1 is 0.889 bits per heavy atom. The Morgan fingerprint density at radius 2 is 1.67 bits per heavy atom. The van der Waals surface area contributed by atoms with Crippen LogP contribution in [0.1, 0.15) is 77.1 Å². The standard InChI is InChI=1S/C48H47N11O4/c1-8-38-30(5)36(14-16-49-38)31-10-12-41-32(23-31)25-42(58(41)48(6,9-2)45-51-46(61)63-53-45)44(60)55-17-15-39-37(27-55)43(59(52-39)35-21-28(3)20-29(4)22-35)57-19-18-56(47(57)62)34-11-13-40-33(24-34)26-50-54(40)7/h10-14,16,18-26H,8-9,15,17,27H2,1-7H3,(H,51,53,61)/t48-/m1/s1. The van der Waals surface area contributed by atoms with Crippen LogP contribution in [0.3, 0.4) is 0 Å². The van der Waals surface area contributed by atoms with Gasteiger partial charge in [-0.05, 0) is 123 Å². The molecule has 0 aliphatic carbocycles. The van der Waals surface area contributed by atoms with E-state index in [4.69, 9.17) is 9.62 Å². The van der Waals surface area contributed by atoms with E-state index in [9.17, 15) is 9.59 Å². The second-order valence-electron chi connectivity index (χ2n) is 16.8. The van der Waals surface area contributed by atoms with E-state index in [1.54, 1.807) is 32.4 Å². The number of aromatic amines is 1. The summed E-state index contributed by atoms with van der Waals surface area (Å²) in [4.78, 5) is 51.5. The molecule has 7 heterocycles. The fraction of sp³-hybridized carbons (Fsp3) is 0.271. The highest BCUT2D eigenvalue weighted by molar-refractivity contribution is 6.00. The number of nitrogens with zero attached hydrogens (tertiary/aromatic N) is 10. The Morgan fingerprint density at radius 3 is 2.41 bits per heavy atom. The first-order chi connectivity index (χ1) is 30.4. The van der Waals surface area contributed by atoms with Crippen molar-refractivity contribution in [2.45, 2.75) is 72.9 Å². The maximum atomic E-state index is 15.3. The molecule has 15 heteroatoms. The third-order valence-corrected chi connectivity index (χ3v) is 12.9. The smallest absolute Gasteiger partial charge is 0.332 e. The first kappa shape index (κ1) is 39.6. The van der Waals surface area contributed by atoms with Crippen LogP contribution >= 0.6 is 0 Å². The SMILES string of the molecule is CCc1nccc(-c2ccc3c(c2)cc(C(=O)N2CCc4nn(-c5cc(C)cc(C)c5)c(-n5ccn(-c6ccc7c(cnn7C)c6)c5=O)c4C2)n3[C@](C)(CC)c2noc(=O)[nH]2)c1C. The van der Waals surface area contributed by atoms with Crippen molar-refractivity contribution in [2.75, 3.05) is 6.54 Å². The van der Waals surface area contributed by atoms with Crippen molar-refractivity contribution in [1.82, 2.24) is 53.3 Å². The Hall–Kier alpha value is -7.55. The summed E-state index contributed by atoms with van der Waals surface area (Å²) in [6, 6.07) is 22.2. The molecule has 63 heavy (non-hydrogen) atoms. The number of pyridine rings is 1. The van der Waals surface area contributed by atoms with Gasteiger partial charge in [0.15, 0.2) is 5.82 Å². The molecule has 10 rings (SSSR count). The van der Waals surface area contributed by atoms with Crippen LogP contribution in [0.15, 0.2) is 106 Å². The molecule has 1 aliphatic heterocycles. The number of aryl methyl sites for hydroxylation is 4. The zero-order valence-electron chi connectivity index (χ0n) is 36.3. The first-order valence-electron chi connectivity index (χ1n) is 21.2. The highest BCUT2D eigenvalue weighted by Gasteiger charge is 2.38. The topological polar surface area (TPSA) is 160 Å². The van der Waals surface area contributed by atoms with E-state index in [0.29, 0.717) is 42.4 Å². The van der Waals surface area contributed by atoms with Crippen LogP contribution in [0.4, 0.5) is 0 Å². The molecule has 0 fully saturated rings. The zero-order chi connectivity index (χ0) is 43.9. The summed E-state index contributed by atoms with van der Waals surface area (Å²) in [5, 5.41) is 15.5. The molecule has 9 aromatic rings. The van der Waals surface area contributed by atoms with Gasteiger partial charge in [-0.25, -0.2) is 14.3 Å². The molecule has 6 aromatic heterocycles. The minimum atomic E-state index is -0.975. The molecule has 1 aliphatic rings. The van der Waals surface area contributed by atoms with Crippen molar-refractivity contribution < 1.29 is 9.32 Å². The number of fused-ring (bicyclic) bond motifs is 3.